The van der Waals surface area contributed by atoms with Gasteiger partial charge in [-0.2, -0.15) is 11.8 Å². The first kappa shape index (κ1) is 17.5. The first-order valence-electron chi connectivity index (χ1n) is 5.73. The van der Waals surface area contributed by atoms with E-state index in [1.54, 1.807) is 0 Å². The van der Waals surface area contributed by atoms with E-state index in [1.165, 1.54) is 0 Å². The average molecular weight is 286 g/mol. The molecule has 0 unspecified atom stereocenters. The van der Waals surface area contributed by atoms with E-state index in [2.05, 4.69) is 26.1 Å². The van der Waals surface area contributed by atoms with E-state index in [0.717, 1.165) is 12.2 Å². The Morgan fingerprint density at radius 1 is 1.18 bits per heavy atom. The van der Waals surface area contributed by atoms with E-state index in [4.69, 9.17) is 0 Å². The molecule has 0 aliphatic carbocycles. The highest BCUT2D eigenvalue weighted by molar-refractivity contribution is 8.00. The summed E-state index contributed by atoms with van der Waals surface area (Å²) in [4.78, 5) is 0. The number of aliphatic hydroxyl groups is 3. The molecule has 0 spiro atoms. The average Bonchev–Trinajstić information content (AvgIpc) is 2.16. The van der Waals surface area contributed by atoms with Crippen LogP contribution in [0.1, 0.15) is 27.2 Å². The molecule has 0 aromatic carbocycles. The van der Waals surface area contributed by atoms with Crippen molar-refractivity contribution >= 4 is 24.2 Å². The van der Waals surface area contributed by atoms with Gasteiger partial charge < -0.3 is 20.6 Å². The number of rotatable bonds is 3. The van der Waals surface area contributed by atoms with Crippen LogP contribution in [-0.2, 0) is 0 Å². The maximum Gasteiger partial charge on any atom is 0.108 e. The van der Waals surface area contributed by atoms with E-state index >= 15 is 0 Å². The summed E-state index contributed by atoms with van der Waals surface area (Å²) in [5.74, 6) is 0.932. The molecule has 0 aromatic heterocycles. The number of aliphatic hydroxyl groups excluding tert-OH is 3. The highest BCUT2D eigenvalue weighted by Gasteiger charge is 2.35. The Hall–Kier alpha value is 0.480. The van der Waals surface area contributed by atoms with Crippen molar-refractivity contribution in [3.05, 3.63) is 0 Å². The number of halogens is 1. The lowest BCUT2D eigenvalue weighted by molar-refractivity contribution is -0.0941. The second kappa shape index (κ2) is 7.16. The van der Waals surface area contributed by atoms with Gasteiger partial charge in [-0.25, -0.2) is 0 Å². The number of hydrogen-bond donors (Lipinski definition) is 4. The zero-order valence-electron chi connectivity index (χ0n) is 10.6. The number of nitrogens with one attached hydrogen (secondary N) is 1. The van der Waals surface area contributed by atoms with Crippen LogP contribution in [0.15, 0.2) is 0 Å². The van der Waals surface area contributed by atoms with E-state index in [0.29, 0.717) is 6.54 Å². The lowest BCUT2D eigenvalue weighted by Crippen LogP contribution is -2.59. The molecule has 4 nitrogen and oxygen atoms in total. The van der Waals surface area contributed by atoms with Crippen LogP contribution in [0.4, 0.5) is 0 Å². The molecule has 104 valence electrons. The molecule has 1 saturated heterocycles. The predicted octanol–water partition coefficient (Wildman–Crippen LogP) is 0.384. The van der Waals surface area contributed by atoms with Crippen molar-refractivity contribution in [3.8, 4) is 0 Å². The molecule has 0 amide bonds. The van der Waals surface area contributed by atoms with Crippen molar-refractivity contribution < 1.29 is 15.3 Å². The number of thioether (sulfide) groups is 1. The van der Waals surface area contributed by atoms with E-state index in [-0.39, 0.29) is 23.2 Å². The molecule has 0 aromatic rings. The van der Waals surface area contributed by atoms with E-state index < -0.39 is 18.3 Å². The monoisotopic (exact) mass is 285 g/mol. The lowest BCUT2D eigenvalue weighted by Gasteiger charge is -2.36. The summed E-state index contributed by atoms with van der Waals surface area (Å²) in [5, 5.41) is 31.7. The number of β-amino-alcohol motifs (C(OH)–C–C–N with tert-alkyl or cyclic N) is 1. The van der Waals surface area contributed by atoms with Crippen molar-refractivity contribution in [1.29, 1.82) is 0 Å². The summed E-state index contributed by atoms with van der Waals surface area (Å²) >= 11 is 1.84. The van der Waals surface area contributed by atoms with Crippen LogP contribution in [0, 0.1) is 0 Å². The molecule has 0 bridgehead atoms. The highest BCUT2D eigenvalue weighted by Crippen LogP contribution is 2.25. The van der Waals surface area contributed by atoms with Crippen LogP contribution in [0.25, 0.3) is 0 Å². The van der Waals surface area contributed by atoms with Crippen LogP contribution < -0.4 is 5.32 Å². The summed E-state index contributed by atoms with van der Waals surface area (Å²) in [6, 6.07) is -0.117. The van der Waals surface area contributed by atoms with Gasteiger partial charge in [-0.3, -0.25) is 0 Å². The molecule has 1 heterocycles. The van der Waals surface area contributed by atoms with Crippen LogP contribution in [0.3, 0.4) is 0 Å². The quantitative estimate of drug-likeness (QED) is 0.604. The van der Waals surface area contributed by atoms with Crippen LogP contribution in [-0.4, -0.2) is 56.7 Å². The normalized spacial score (nSPS) is 34.2. The highest BCUT2D eigenvalue weighted by atomic mass is 35.5. The third kappa shape index (κ3) is 5.77. The molecule has 4 N–H and O–H groups in total. The molecule has 4 atom stereocenters. The van der Waals surface area contributed by atoms with Gasteiger partial charge in [0.05, 0.1) is 12.2 Å². The van der Waals surface area contributed by atoms with E-state index in [1.807, 2.05) is 11.8 Å². The third-order valence-electron chi connectivity index (χ3n) is 2.71. The molecule has 1 aliphatic rings. The number of hydrogen-bond acceptors (Lipinski definition) is 5. The minimum atomic E-state index is -1.02. The molecular weight excluding hydrogens is 262 g/mol. The first-order chi connectivity index (χ1) is 7.31. The smallest absolute Gasteiger partial charge is 0.108 e. The maximum absolute atomic E-state index is 9.76. The Bertz CT molecular complexity index is 225. The SMILES string of the molecule is CC(C)(C)SCC[C@H]1NC[C@@H](O)[C@H](O)[C@H]1O.Cl. The van der Waals surface area contributed by atoms with Gasteiger partial charge in [-0.1, -0.05) is 20.8 Å². The molecule has 1 aliphatic heterocycles. The standard InChI is InChI=1S/C11H23NO3S.ClH/c1-11(2,3)16-5-4-7-9(14)10(15)8(13)6-12-7;/h7-10,12-15H,4-6H2,1-3H3;1H/t7-,8-,9+,10+;/m1./s1. The Balaban J connectivity index is 0.00000256. The summed E-state index contributed by atoms with van der Waals surface area (Å²) in [5.41, 5.74) is 0. The zero-order valence-corrected chi connectivity index (χ0v) is 12.2. The van der Waals surface area contributed by atoms with Crippen molar-refractivity contribution in [1.82, 2.24) is 5.32 Å². The molecule has 1 rings (SSSR count). The van der Waals surface area contributed by atoms with Gasteiger partial charge in [0.15, 0.2) is 0 Å². The van der Waals surface area contributed by atoms with Gasteiger partial charge >= 0.3 is 0 Å². The van der Waals surface area contributed by atoms with Crippen molar-refractivity contribution in [3.63, 3.8) is 0 Å². The molecule has 0 radical (unpaired) electrons. The molecule has 17 heavy (non-hydrogen) atoms. The zero-order chi connectivity index (χ0) is 12.3. The topological polar surface area (TPSA) is 72.7 Å². The van der Waals surface area contributed by atoms with Gasteiger partial charge in [-0.05, 0) is 12.2 Å². The molecular formula is C11H24ClNO3S. The van der Waals surface area contributed by atoms with Crippen molar-refractivity contribution in [2.45, 2.75) is 56.3 Å². The Kier molecular flexibility index (Phi) is 7.37. The summed E-state index contributed by atoms with van der Waals surface area (Å²) in [7, 11) is 0. The van der Waals surface area contributed by atoms with Gasteiger partial charge in [-0.15, -0.1) is 12.4 Å². The molecule has 6 heteroatoms. The summed E-state index contributed by atoms with van der Waals surface area (Å²) < 4.78 is 0.220. The fraction of sp³-hybridized carbons (Fsp3) is 1.00. The van der Waals surface area contributed by atoms with Gasteiger partial charge in [0.2, 0.25) is 0 Å². The largest absolute Gasteiger partial charge is 0.389 e. The van der Waals surface area contributed by atoms with Crippen molar-refractivity contribution in [2.24, 2.45) is 0 Å². The van der Waals surface area contributed by atoms with E-state index in [9.17, 15) is 15.3 Å². The first-order valence-corrected chi connectivity index (χ1v) is 6.71. The van der Waals surface area contributed by atoms with Gasteiger partial charge in [0.1, 0.15) is 6.10 Å². The van der Waals surface area contributed by atoms with Crippen LogP contribution in [0.5, 0.6) is 0 Å². The Morgan fingerprint density at radius 3 is 2.29 bits per heavy atom. The second-order valence-electron chi connectivity index (χ2n) is 5.31. The molecule has 0 saturated carbocycles. The maximum atomic E-state index is 9.76. The molecule has 1 fully saturated rings. The second-order valence-corrected chi connectivity index (χ2v) is 7.23. The summed E-state index contributed by atoms with van der Waals surface area (Å²) in [6.07, 6.45) is -1.95. The van der Waals surface area contributed by atoms with Gasteiger partial charge in [0, 0.05) is 17.3 Å². The van der Waals surface area contributed by atoms with Crippen LogP contribution in [0.2, 0.25) is 0 Å². The minimum absolute atomic E-state index is 0. The lowest BCUT2D eigenvalue weighted by atomic mass is 9.94. The third-order valence-corrected chi connectivity index (χ3v) is 4.02. The Morgan fingerprint density at radius 2 is 1.76 bits per heavy atom. The minimum Gasteiger partial charge on any atom is -0.389 e. The van der Waals surface area contributed by atoms with Crippen molar-refractivity contribution in [2.75, 3.05) is 12.3 Å². The number of piperidine rings is 1. The predicted molar refractivity (Wildman–Crippen MR) is 73.9 cm³/mol. The fourth-order valence-electron chi connectivity index (χ4n) is 1.74. The fourth-order valence-corrected chi connectivity index (χ4v) is 2.73. The summed E-state index contributed by atoms with van der Waals surface area (Å²) in [6.45, 7) is 6.81. The Labute approximate surface area is 114 Å². The van der Waals surface area contributed by atoms with Gasteiger partial charge in [0.25, 0.3) is 0 Å². The van der Waals surface area contributed by atoms with Crippen LogP contribution >= 0.6 is 24.2 Å².